The molecule has 0 fully saturated rings. The van der Waals surface area contributed by atoms with Gasteiger partial charge in [-0.2, -0.15) is 0 Å². The number of rotatable bonds is 6. The quantitative estimate of drug-likeness (QED) is 0.156. The van der Waals surface area contributed by atoms with E-state index in [9.17, 15) is 0 Å². The van der Waals surface area contributed by atoms with Crippen LogP contribution in [0.25, 0.3) is 72.2 Å². The van der Waals surface area contributed by atoms with Crippen LogP contribution < -0.4 is 4.98 Å². The Morgan fingerprint density at radius 2 is 1.28 bits per heavy atom. The third-order valence-corrected chi connectivity index (χ3v) is 12.4. The molecule has 0 saturated heterocycles. The number of nitrogens with zero attached hydrogens (tertiary/aromatic N) is 4. The Balaban J connectivity index is 0.00000433. The van der Waals surface area contributed by atoms with Crippen molar-refractivity contribution in [3.63, 3.8) is 0 Å². The summed E-state index contributed by atoms with van der Waals surface area (Å²) in [5, 5.41) is 2.28. The molecule has 3 heterocycles. The normalized spacial score (nSPS) is 12.9. The fraction of sp³-hybridized carbons (Fsp3) is 0.127. The van der Waals surface area contributed by atoms with Crippen LogP contribution in [0.4, 0.5) is 0 Å². The number of fused-ring (bicyclic) bond motifs is 7. The molecule has 3 aromatic heterocycles. The van der Waals surface area contributed by atoms with Crippen LogP contribution in [-0.4, -0.2) is 14.5 Å². The van der Waals surface area contributed by atoms with Gasteiger partial charge in [-0.3, -0.25) is 9.55 Å². The molecule has 0 radical (unpaired) electrons. The first-order valence-electron chi connectivity index (χ1n) is 20.5. The van der Waals surface area contributed by atoms with Gasteiger partial charge in [-0.15, -0.1) is 45.9 Å². The number of hydrogen-bond acceptors (Lipinski definition) is 2. The molecule has 4 nitrogen and oxygen atoms in total. The van der Waals surface area contributed by atoms with Crippen LogP contribution in [-0.2, 0) is 26.5 Å². The van der Waals surface area contributed by atoms with E-state index in [-0.39, 0.29) is 21.1 Å². The van der Waals surface area contributed by atoms with Crippen molar-refractivity contribution in [2.24, 2.45) is 0 Å². The summed E-state index contributed by atoms with van der Waals surface area (Å²) in [6.07, 6.45) is 1.99. The van der Waals surface area contributed by atoms with E-state index >= 15 is 0 Å². The zero-order valence-electron chi connectivity index (χ0n) is 34.2. The van der Waals surface area contributed by atoms with Gasteiger partial charge in [-0.1, -0.05) is 147 Å². The predicted molar refractivity (Wildman–Crippen MR) is 243 cm³/mol. The minimum absolute atomic E-state index is 0. The Kier molecular flexibility index (Phi) is 9.11. The Morgan fingerprint density at radius 3 is 2.03 bits per heavy atom. The maximum atomic E-state index is 5.65. The maximum Gasteiger partial charge on any atom is 2.00 e. The molecule has 5 heteroatoms. The van der Waals surface area contributed by atoms with E-state index < -0.39 is 5.41 Å². The summed E-state index contributed by atoms with van der Waals surface area (Å²) in [4.78, 5) is 16.1. The van der Waals surface area contributed by atoms with Gasteiger partial charge in [0.15, 0.2) is 0 Å². The van der Waals surface area contributed by atoms with Crippen molar-refractivity contribution in [2.45, 2.75) is 46.0 Å². The number of pyridine rings is 1. The molecule has 10 aromatic rings. The van der Waals surface area contributed by atoms with Crippen molar-refractivity contribution < 1.29 is 21.1 Å². The average Bonchev–Trinajstić information content (AvgIpc) is 3.92. The number of aromatic nitrogens is 4. The Morgan fingerprint density at radius 1 is 0.617 bits per heavy atom. The van der Waals surface area contributed by atoms with E-state index in [0.717, 1.165) is 83.4 Å². The molecule has 0 amide bonds. The van der Waals surface area contributed by atoms with Gasteiger partial charge in [-0.05, 0) is 88.7 Å². The van der Waals surface area contributed by atoms with Crippen LogP contribution in [0.3, 0.4) is 0 Å². The largest absolute Gasteiger partial charge is 2.00 e. The fourth-order valence-corrected chi connectivity index (χ4v) is 9.65. The van der Waals surface area contributed by atoms with Crippen LogP contribution >= 0.6 is 0 Å². The van der Waals surface area contributed by atoms with Crippen molar-refractivity contribution in [1.82, 2.24) is 19.5 Å². The van der Waals surface area contributed by atoms with E-state index in [1.54, 1.807) is 0 Å². The van der Waals surface area contributed by atoms with Crippen LogP contribution in [0, 0.1) is 26.8 Å². The zero-order valence-corrected chi connectivity index (χ0v) is 36.5. The molecule has 0 unspecified atom stereocenters. The molecule has 292 valence electrons. The van der Waals surface area contributed by atoms with Gasteiger partial charge < -0.3 is 4.98 Å². The van der Waals surface area contributed by atoms with Crippen molar-refractivity contribution >= 4 is 32.8 Å². The van der Waals surface area contributed by atoms with Crippen LogP contribution in [0.5, 0.6) is 0 Å². The van der Waals surface area contributed by atoms with E-state index in [4.69, 9.17) is 15.0 Å². The summed E-state index contributed by atoms with van der Waals surface area (Å²) in [6, 6.07) is 59.1. The number of aryl methyl sites for hydroxylation is 3. The van der Waals surface area contributed by atoms with Crippen molar-refractivity contribution in [1.29, 1.82) is 0 Å². The molecule has 0 aliphatic heterocycles. The van der Waals surface area contributed by atoms with E-state index in [2.05, 4.69) is 197 Å². The van der Waals surface area contributed by atoms with Gasteiger partial charge in [0.1, 0.15) is 5.82 Å². The minimum Gasteiger partial charge on any atom is -0.656 e. The number of imidazole rings is 1. The topological polar surface area (TPSA) is 44.8 Å². The molecule has 0 atom stereocenters. The van der Waals surface area contributed by atoms with Crippen LogP contribution in [0.15, 0.2) is 158 Å². The molecule has 0 bridgehead atoms. The zero-order chi connectivity index (χ0) is 40.0. The first-order chi connectivity index (χ1) is 28.8. The summed E-state index contributed by atoms with van der Waals surface area (Å²) in [5.41, 5.74) is 19.1. The second-order valence-electron chi connectivity index (χ2n) is 16.6. The van der Waals surface area contributed by atoms with Crippen molar-refractivity contribution in [3.8, 4) is 39.3 Å². The third kappa shape index (κ3) is 5.69. The standard InChI is InChI=1S/C55H42N4.Pt/c1-33(2)37-25-26-56-51(32-37)55(47-18-9-6-13-41(47)42-14-7-10-19-48(42)55)39-28-35(4)27-38(31-39)46-29-36(5)30-50-53(46)58-54(59(50)40-23-21-34(3)22-24-40)45-17-12-16-44-43-15-8-11-20-49(43)57-52(44)45;/h6-30,32-33H,1-5H3;/q-2;+2. The number of hydrogen-bond donors (Lipinski definition) is 0. The molecule has 0 spiro atoms. The Labute approximate surface area is 365 Å². The van der Waals surface area contributed by atoms with Gasteiger partial charge in [0, 0.05) is 17.4 Å². The molecule has 0 N–H and O–H groups in total. The summed E-state index contributed by atoms with van der Waals surface area (Å²) in [7, 11) is 0. The Bertz CT molecular complexity index is 3250. The van der Waals surface area contributed by atoms with Crippen molar-refractivity contribution in [3.05, 3.63) is 209 Å². The molecule has 7 aromatic carbocycles. The van der Waals surface area contributed by atoms with Gasteiger partial charge in [-0.25, -0.2) is 4.98 Å². The monoisotopic (exact) mass is 953 g/mol. The molecule has 60 heavy (non-hydrogen) atoms. The smallest absolute Gasteiger partial charge is 0.656 e. The number of benzene rings is 7. The molecular weight excluding hydrogens is 912 g/mol. The van der Waals surface area contributed by atoms with Gasteiger partial charge >= 0.3 is 21.1 Å². The summed E-state index contributed by atoms with van der Waals surface area (Å²) in [6.45, 7) is 11.0. The van der Waals surface area contributed by atoms with Gasteiger partial charge in [0.25, 0.3) is 0 Å². The van der Waals surface area contributed by atoms with E-state index in [0.29, 0.717) is 5.92 Å². The summed E-state index contributed by atoms with van der Waals surface area (Å²) in [5.74, 6) is 1.21. The molecule has 1 aliphatic carbocycles. The van der Waals surface area contributed by atoms with Crippen LogP contribution in [0.2, 0.25) is 0 Å². The van der Waals surface area contributed by atoms with Gasteiger partial charge in [0.2, 0.25) is 0 Å². The van der Waals surface area contributed by atoms with Gasteiger partial charge in [0.05, 0.1) is 22.1 Å². The summed E-state index contributed by atoms with van der Waals surface area (Å²) < 4.78 is 2.32. The SMILES string of the molecule is Cc1ccc(-n2c(-c3cccc4c3[n-]c3ccccc34)nc3c(-c4[c-]c(C5(c6cc(C(C)C)ccn6)c6ccccc6-c6ccccc65)cc(C)c4)cc(C)cc32)cc1.[Pt+2]. The second kappa shape index (κ2) is 14.4. The fourth-order valence-electron chi connectivity index (χ4n) is 9.65. The molecule has 11 rings (SSSR count). The minimum atomic E-state index is -0.685. The van der Waals surface area contributed by atoms with Crippen LogP contribution in [0.1, 0.15) is 64.4 Å². The number of para-hydroxylation sites is 2. The molecular formula is C55H42N4Pt. The van der Waals surface area contributed by atoms with E-state index in [1.165, 1.54) is 33.4 Å². The maximum absolute atomic E-state index is 5.65. The summed E-state index contributed by atoms with van der Waals surface area (Å²) >= 11 is 0. The van der Waals surface area contributed by atoms with E-state index in [1.807, 2.05) is 6.20 Å². The predicted octanol–water partition coefficient (Wildman–Crippen LogP) is 13.2. The molecule has 1 aliphatic rings. The third-order valence-electron chi connectivity index (χ3n) is 12.4. The van der Waals surface area contributed by atoms with Crippen molar-refractivity contribution in [2.75, 3.05) is 0 Å². The Hall–Kier alpha value is -6.35. The first-order valence-corrected chi connectivity index (χ1v) is 20.5. The molecule has 0 saturated carbocycles. The first kappa shape index (κ1) is 37.9. The average molecular weight is 954 g/mol. The second-order valence-corrected chi connectivity index (χ2v) is 16.6.